The number of aromatic nitrogens is 2. The van der Waals surface area contributed by atoms with Crippen LogP contribution < -0.4 is 17.0 Å². The predicted octanol–water partition coefficient (Wildman–Crippen LogP) is -2.11. The maximum atomic E-state index is 11.3. The largest absolute Gasteiger partial charge is 0.494 e. The van der Waals surface area contributed by atoms with Crippen LogP contribution >= 0.6 is 0 Å². The van der Waals surface area contributed by atoms with Gasteiger partial charge in [-0.25, -0.2) is 4.79 Å². The number of nitrogens with zero attached hydrogens (tertiary/aromatic N) is 2. The Morgan fingerprint density at radius 3 is 2.21 bits per heavy atom. The van der Waals surface area contributed by atoms with Crippen LogP contribution in [0.5, 0.6) is 5.88 Å². The van der Waals surface area contributed by atoms with Crippen molar-refractivity contribution in [2.75, 3.05) is 0 Å². The fraction of sp³-hybridized carbons (Fsp3) is 0.286. The van der Waals surface area contributed by atoms with Crippen molar-refractivity contribution in [3.8, 4) is 5.88 Å². The van der Waals surface area contributed by atoms with E-state index in [1.807, 2.05) is 0 Å². The summed E-state index contributed by atoms with van der Waals surface area (Å²) in [7, 11) is 2.42. The first kappa shape index (κ1) is 10.0. The van der Waals surface area contributed by atoms with Crippen molar-refractivity contribution in [3.63, 3.8) is 0 Å². The van der Waals surface area contributed by atoms with Crippen LogP contribution in [0.25, 0.3) is 0 Å². The summed E-state index contributed by atoms with van der Waals surface area (Å²) in [6, 6.07) is 0. The van der Waals surface area contributed by atoms with E-state index in [9.17, 15) is 19.5 Å². The zero-order valence-electron chi connectivity index (χ0n) is 7.64. The quantitative estimate of drug-likeness (QED) is 0.539. The Morgan fingerprint density at radius 2 is 1.79 bits per heavy atom. The third kappa shape index (κ3) is 1.18. The van der Waals surface area contributed by atoms with E-state index in [1.165, 1.54) is 14.1 Å². The van der Waals surface area contributed by atoms with Crippen LogP contribution in [0.1, 0.15) is 10.4 Å². The number of rotatable bonds is 1. The first-order valence-electron chi connectivity index (χ1n) is 3.66. The Kier molecular flexibility index (Phi) is 2.16. The highest BCUT2D eigenvalue weighted by Crippen LogP contribution is 2.06. The number of hydrogen-bond acceptors (Lipinski definition) is 4. The van der Waals surface area contributed by atoms with Gasteiger partial charge < -0.3 is 10.8 Å². The lowest BCUT2D eigenvalue weighted by Crippen LogP contribution is -2.41. The van der Waals surface area contributed by atoms with Gasteiger partial charge in [-0.1, -0.05) is 0 Å². The molecule has 7 nitrogen and oxygen atoms in total. The topological polar surface area (TPSA) is 107 Å². The van der Waals surface area contributed by atoms with Crippen LogP contribution in [0.3, 0.4) is 0 Å². The molecule has 1 heterocycles. The third-order valence-corrected chi connectivity index (χ3v) is 1.88. The molecular weight excluding hydrogens is 190 g/mol. The number of nitrogens with two attached hydrogens (primary N) is 1. The van der Waals surface area contributed by atoms with E-state index >= 15 is 0 Å². The summed E-state index contributed by atoms with van der Waals surface area (Å²) in [4.78, 5) is 33.3. The van der Waals surface area contributed by atoms with Crippen LogP contribution in [-0.2, 0) is 14.1 Å². The van der Waals surface area contributed by atoms with E-state index in [0.29, 0.717) is 4.57 Å². The molecule has 7 heteroatoms. The van der Waals surface area contributed by atoms with Gasteiger partial charge in [0.05, 0.1) is 0 Å². The van der Waals surface area contributed by atoms with Crippen LogP contribution in [0.2, 0.25) is 0 Å². The molecule has 0 aromatic carbocycles. The van der Waals surface area contributed by atoms with Gasteiger partial charge in [0.1, 0.15) is 0 Å². The zero-order valence-corrected chi connectivity index (χ0v) is 7.64. The van der Waals surface area contributed by atoms with Gasteiger partial charge in [-0.3, -0.25) is 18.7 Å². The smallest absolute Gasteiger partial charge is 0.333 e. The highest BCUT2D eigenvalue weighted by atomic mass is 16.3. The molecule has 1 rings (SSSR count). The maximum absolute atomic E-state index is 11.3. The summed E-state index contributed by atoms with van der Waals surface area (Å²) in [6.07, 6.45) is 0. The van der Waals surface area contributed by atoms with Gasteiger partial charge in [-0.2, -0.15) is 0 Å². The number of carbonyl (C=O) groups is 1. The lowest BCUT2D eigenvalue weighted by molar-refractivity contribution is 0.0993. The Hall–Kier alpha value is -2.05. The fourth-order valence-corrected chi connectivity index (χ4v) is 1.05. The van der Waals surface area contributed by atoms with Gasteiger partial charge in [-0.05, 0) is 0 Å². The Bertz CT molecular complexity index is 511. The van der Waals surface area contributed by atoms with Crippen LogP contribution in [0, 0.1) is 0 Å². The highest BCUT2D eigenvalue weighted by Gasteiger charge is 2.18. The summed E-state index contributed by atoms with van der Waals surface area (Å²) in [6.45, 7) is 0. The standard InChI is InChI=1S/C7H9N3O4/c1-9-5(12)3(4(8)11)6(13)10(2)7(9)14/h12H,1-2H3,(H2,8,11). The number of aromatic hydroxyl groups is 1. The lowest BCUT2D eigenvalue weighted by Gasteiger charge is -2.07. The van der Waals surface area contributed by atoms with E-state index < -0.39 is 28.6 Å². The van der Waals surface area contributed by atoms with Crippen molar-refractivity contribution in [3.05, 3.63) is 26.4 Å². The number of hydrogen-bond donors (Lipinski definition) is 2. The Morgan fingerprint density at radius 1 is 1.29 bits per heavy atom. The highest BCUT2D eigenvalue weighted by molar-refractivity contribution is 5.94. The van der Waals surface area contributed by atoms with Crippen molar-refractivity contribution < 1.29 is 9.90 Å². The molecule has 0 atom stereocenters. The molecule has 0 unspecified atom stereocenters. The molecule has 0 aliphatic rings. The molecule has 0 bridgehead atoms. The summed E-state index contributed by atoms with van der Waals surface area (Å²) >= 11 is 0. The molecule has 0 aliphatic carbocycles. The third-order valence-electron chi connectivity index (χ3n) is 1.88. The van der Waals surface area contributed by atoms with Gasteiger partial charge in [0, 0.05) is 14.1 Å². The minimum Gasteiger partial charge on any atom is -0.494 e. The van der Waals surface area contributed by atoms with Crippen molar-refractivity contribution in [1.82, 2.24) is 9.13 Å². The summed E-state index contributed by atoms with van der Waals surface area (Å²) in [5.41, 5.74) is 2.66. The molecule has 0 aliphatic heterocycles. The number of primary amides is 1. The van der Waals surface area contributed by atoms with Gasteiger partial charge >= 0.3 is 5.69 Å². The van der Waals surface area contributed by atoms with E-state index in [-0.39, 0.29) is 0 Å². The molecule has 0 saturated heterocycles. The molecule has 3 N–H and O–H groups in total. The normalized spacial score (nSPS) is 10.1. The van der Waals surface area contributed by atoms with Crippen molar-refractivity contribution >= 4 is 5.91 Å². The molecule has 0 saturated carbocycles. The second kappa shape index (κ2) is 3.02. The van der Waals surface area contributed by atoms with E-state index in [2.05, 4.69) is 0 Å². The van der Waals surface area contributed by atoms with Gasteiger partial charge in [0.15, 0.2) is 5.56 Å². The van der Waals surface area contributed by atoms with Crippen LogP contribution in [0.4, 0.5) is 0 Å². The second-order valence-corrected chi connectivity index (χ2v) is 2.77. The number of amides is 1. The molecule has 14 heavy (non-hydrogen) atoms. The Labute approximate surface area is 78.0 Å². The monoisotopic (exact) mass is 199 g/mol. The Balaban J connectivity index is 3.88. The first-order chi connectivity index (χ1) is 6.37. The van der Waals surface area contributed by atoms with Gasteiger partial charge in [-0.15, -0.1) is 0 Å². The molecular formula is C7H9N3O4. The first-order valence-corrected chi connectivity index (χ1v) is 3.66. The van der Waals surface area contributed by atoms with Crippen LogP contribution in [0.15, 0.2) is 9.59 Å². The summed E-state index contributed by atoms with van der Waals surface area (Å²) < 4.78 is 1.46. The zero-order chi connectivity index (χ0) is 11.0. The average molecular weight is 199 g/mol. The fourth-order valence-electron chi connectivity index (χ4n) is 1.05. The molecule has 1 aromatic rings. The molecule has 0 fully saturated rings. The van der Waals surface area contributed by atoms with Crippen LogP contribution in [-0.4, -0.2) is 20.1 Å². The second-order valence-electron chi connectivity index (χ2n) is 2.77. The van der Waals surface area contributed by atoms with Crippen molar-refractivity contribution in [1.29, 1.82) is 0 Å². The minimum absolute atomic E-state index is 0.588. The predicted molar refractivity (Wildman–Crippen MR) is 47.1 cm³/mol. The SMILES string of the molecule is Cn1c(O)c(C(N)=O)c(=O)n(C)c1=O. The van der Waals surface area contributed by atoms with Gasteiger partial charge in [0.2, 0.25) is 5.88 Å². The minimum atomic E-state index is -1.07. The van der Waals surface area contributed by atoms with Crippen molar-refractivity contribution in [2.45, 2.75) is 0 Å². The molecule has 1 amide bonds. The molecule has 76 valence electrons. The molecule has 1 aromatic heterocycles. The lowest BCUT2D eigenvalue weighted by atomic mass is 10.3. The van der Waals surface area contributed by atoms with E-state index in [4.69, 9.17) is 5.73 Å². The maximum Gasteiger partial charge on any atom is 0.333 e. The molecule has 0 radical (unpaired) electrons. The summed E-state index contributed by atoms with van der Waals surface area (Å²) in [5, 5.41) is 9.30. The number of carbonyl (C=O) groups excluding carboxylic acids is 1. The summed E-state index contributed by atoms with van der Waals surface area (Å²) in [5.74, 6) is -1.79. The van der Waals surface area contributed by atoms with E-state index in [0.717, 1.165) is 4.57 Å². The van der Waals surface area contributed by atoms with E-state index in [1.54, 1.807) is 0 Å². The van der Waals surface area contributed by atoms with Gasteiger partial charge in [0.25, 0.3) is 11.5 Å². The average Bonchev–Trinajstić information content (AvgIpc) is 2.11. The molecule has 0 spiro atoms. The van der Waals surface area contributed by atoms with Crippen molar-refractivity contribution in [2.24, 2.45) is 19.8 Å².